The Morgan fingerprint density at radius 3 is 2.10 bits per heavy atom. The van der Waals surface area contributed by atoms with Gasteiger partial charge >= 0.3 is 11.9 Å². The van der Waals surface area contributed by atoms with Crippen LogP contribution < -0.4 is 10.6 Å². The van der Waals surface area contributed by atoms with E-state index in [-0.39, 0.29) is 87.6 Å². The van der Waals surface area contributed by atoms with Gasteiger partial charge in [-0.15, -0.1) is 15.0 Å². The van der Waals surface area contributed by atoms with Crippen molar-refractivity contribution in [2.45, 2.75) is 143 Å². The van der Waals surface area contributed by atoms with Gasteiger partial charge in [-0.25, -0.2) is 0 Å². The number of Topliss-reactive ketones (excluding diaryl/α,β-unsaturated/α-hetero) is 1. The van der Waals surface area contributed by atoms with E-state index in [2.05, 4.69) is 20.8 Å². The van der Waals surface area contributed by atoms with Crippen molar-refractivity contribution in [1.82, 2.24) is 25.6 Å². The van der Waals surface area contributed by atoms with Gasteiger partial charge in [0.2, 0.25) is 5.91 Å². The van der Waals surface area contributed by atoms with Crippen LogP contribution in [0.4, 0.5) is 0 Å². The maximum absolute atomic E-state index is 13.6. The molecule has 3 aromatic rings. The van der Waals surface area contributed by atoms with Gasteiger partial charge in [0.05, 0.1) is 19.1 Å². The number of hydrogen-bond acceptors (Lipinski definition) is 12. The van der Waals surface area contributed by atoms with Gasteiger partial charge in [-0.1, -0.05) is 80.0 Å². The van der Waals surface area contributed by atoms with E-state index < -0.39 is 29.4 Å². The van der Waals surface area contributed by atoms with Crippen LogP contribution in [0.5, 0.6) is 5.75 Å². The van der Waals surface area contributed by atoms with Crippen LogP contribution in [0.1, 0.15) is 124 Å². The van der Waals surface area contributed by atoms with Gasteiger partial charge in [-0.2, -0.15) is 0 Å². The van der Waals surface area contributed by atoms with Crippen molar-refractivity contribution < 1.29 is 43.6 Å². The highest BCUT2D eigenvalue weighted by Crippen LogP contribution is 2.36. The van der Waals surface area contributed by atoms with E-state index in [9.17, 15) is 29.4 Å². The highest BCUT2D eigenvalue weighted by molar-refractivity contribution is 5.92. The third-order valence-corrected chi connectivity index (χ3v) is 10.4. The van der Waals surface area contributed by atoms with Crippen molar-refractivity contribution >= 4 is 34.7 Å². The highest BCUT2D eigenvalue weighted by atomic mass is 16.6. The lowest BCUT2D eigenvalue weighted by molar-refractivity contribution is -0.166. The summed E-state index contributed by atoms with van der Waals surface area (Å²) in [5.74, 6) is -2.54. The normalized spacial score (nSPS) is 13.1. The molecule has 14 nitrogen and oxygen atoms in total. The van der Waals surface area contributed by atoms with Crippen LogP contribution >= 0.6 is 0 Å². The number of aromatic hydroxyl groups is 1. The third-order valence-electron chi connectivity index (χ3n) is 10.4. The molecule has 0 fully saturated rings. The Morgan fingerprint density at radius 1 is 0.862 bits per heavy atom. The van der Waals surface area contributed by atoms with Crippen molar-refractivity contribution in [3.8, 4) is 11.4 Å². The fourth-order valence-electron chi connectivity index (χ4n) is 6.56. The molecule has 0 spiro atoms. The molecule has 58 heavy (non-hydrogen) atoms. The number of ether oxygens (including phenoxy) is 3. The number of nitrogens with one attached hydrogen (secondary N) is 2. The molecular formula is C44H67N5O9. The second kappa shape index (κ2) is 23.3. The van der Waals surface area contributed by atoms with Crippen molar-refractivity contribution in [2.75, 3.05) is 32.8 Å². The van der Waals surface area contributed by atoms with Crippen LogP contribution in [0.25, 0.3) is 16.7 Å². The maximum Gasteiger partial charge on any atom is 0.307 e. The monoisotopic (exact) mass is 809 g/mol. The number of ketones is 1. The number of aryl methyl sites for hydroxylation is 1. The van der Waals surface area contributed by atoms with E-state index >= 15 is 0 Å². The minimum Gasteiger partial charge on any atom is -0.505 e. The predicted molar refractivity (Wildman–Crippen MR) is 223 cm³/mol. The number of aliphatic hydroxyl groups is 1. The SMILES string of the molecule is CCCCC(=O)OCC(COC(CC)CC)OC(=O)CC(CNCCNC(=O)CCc1cc(-n2nc3ccccc3n2)c(O)c(C(C)(C)C)c1)C(=O)C(O)(CC)CC. The van der Waals surface area contributed by atoms with Crippen molar-refractivity contribution in [3.63, 3.8) is 0 Å². The summed E-state index contributed by atoms with van der Waals surface area (Å²) in [5.41, 5.74) is 1.39. The van der Waals surface area contributed by atoms with E-state index in [0.717, 1.165) is 24.8 Å². The van der Waals surface area contributed by atoms with Gasteiger partial charge in [0.1, 0.15) is 34.7 Å². The second-order valence-corrected chi connectivity index (χ2v) is 16.0. The number of rotatable bonds is 26. The molecule has 1 amide bonds. The standard InChI is InChI=1S/C44H67N5O9/c1-9-14-19-39(51)57-29-33(28-56-32(10-2)11-3)58-40(52)26-31(42(54)44(55,12-4)13-5)27-45-22-23-46-38(50)21-20-30-24-34(43(6,7)8)41(53)37(25-30)49-47-35-17-15-16-18-36(35)48-49/h15-18,24-25,31-33,45,53,55H,9-14,19-23,26-29H2,1-8H3,(H,46,50). The molecule has 0 bridgehead atoms. The topological polar surface area (TPSA) is 191 Å². The van der Waals surface area contributed by atoms with Gasteiger partial charge in [0.25, 0.3) is 0 Å². The minimum absolute atomic E-state index is 0.0358. The molecule has 0 aliphatic heterocycles. The minimum atomic E-state index is -1.62. The first kappa shape index (κ1) is 48.0. The van der Waals surface area contributed by atoms with Crippen LogP contribution in [0, 0.1) is 5.92 Å². The van der Waals surface area contributed by atoms with Gasteiger partial charge in [-0.05, 0) is 67.7 Å². The van der Waals surface area contributed by atoms with E-state index in [1.54, 1.807) is 19.9 Å². The molecule has 2 aromatic carbocycles. The average Bonchev–Trinajstić information content (AvgIpc) is 3.64. The number of carbonyl (C=O) groups is 4. The van der Waals surface area contributed by atoms with Crippen molar-refractivity contribution in [2.24, 2.45) is 5.92 Å². The zero-order valence-electron chi connectivity index (χ0n) is 35.9. The molecule has 0 saturated heterocycles. The summed E-state index contributed by atoms with van der Waals surface area (Å²) in [7, 11) is 0. The number of aromatic nitrogens is 3. The quantitative estimate of drug-likeness (QED) is 0.0544. The Kier molecular flexibility index (Phi) is 19.2. The van der Waals surface area contributed by atoms with Crippen LogP contribution in [-0.2, 0) is 45.2 Å². The van der Waals surface area contributed by atoms with E-state index in [0.29, 0.717) is 41.7 Å². The van der Waals surface area contributed by atoms with Gasteiger partial charge < -0.3 is 35.1 Å². The first-order valence-corrected chi connectivity index (χ1v) is 21.0. The predicted octanol–water partition coefficient (Wildman–Crippen LogP) is 6.04. The van der Waals surface area contributed by atoms with E-state index in [1.165, 1.54) is 4.80 Å². The smallest absolute Gasteiger partial charge is 0.307 e. The molecule has 1 aromatic heterocycles. The molecule has 2 atom stereocenters. The number of hydrogen-bond donors (Lipinski definition) is 4. The molecular weight excluding hydrogens is 743 g/mol. The zero-order chi connectivity index (χ0) is 42.9. The van der Waals surface area contributed by atoms with Crippen LogP contribution in [0.3, 0.4) is 0 Å². The summed E-state index contributed by atoms with van der Waals surface area (Å²) in [6, 6.07) is 11.2. The molecule has 0 saturated carbocycles. The number of phenolic OH excluding ortho intramolecular Hbond substituents is 1. The Labute approximate surface area is 343 Å². The molecule has 322 valence electrons. The Balaban J connectivity index is 1.61. The molecule has 1 heterocycles. The number of nitrogens with zero attached hydrogens (tertiary/aromatic N) is 3. The number of esters is 2. The molecule has 3 rings (SSSR count). The summed E-state index contributed by atoms with van der Waals surface area (Å²) in [6.45, 7) is 15.9. The first-order chi connectivity index (χ1) is 27.6. The number of amides is 1. The van der Waals surface area contributed by atoms with E-state index in [4.69, 9.17) is 14.2 Å². The van der Waals surface area contributed by atoms with Gasteiger partial charge in [0, 0.05) is 44.0 Å². The Morgan fingerprint density at radius 2 is 1.52 bits per heavy atom. The third kappa shape index (κ3) is 14.5. The second-order valence-electron chi connectivity index (χ2n) is 16.0. The lowest BCUT2D eigenvalue weighted by atomic mass is 9.83. The Hall–Kier alpha value is -4.40. The summed E-state index contributed by atoms with van der Waals surface area (Å²) < 4.78 is 17.0. The number of fused-ring (bicyclic) bond motifs is 1. The molecule has 0 aliphatic carbocycles. The first-order valence-electron chi connectivity index (χ1n) is 21.0. The summed E-state index contributed by atoms with van der Waals surface area (Å²) in [5, 5.41) is 37.5. The highest BCUT2D eigenvalue weighted by Gasteiger charge is 2.38. The van der Waals surface area contributed by atoms with Gasteiger partial charge in [0.15, 0.2) is 11.9 Å². The average molecular weight is 810 g/mol. The van der Waals surface area contributed by atoms with Gasteiger partial charge in [-0.3, -0.25) is 19.2 Å². The lowest BCUT2D eigenvalue weighted by Crippen LogP contribution is -2.46. The molecule has 0 radical (unpaired) electrons. The molecule has 14 heteroatoms. The molecule has 4 N–H and O–H groups in total. The number of phenols is 1. The molecule has 2 unspecified atom stereocenters. The van der Waals surface area contributed by atoms with Crippen LogP contribution in [0.2, 0.25) is 0 Å². The van der Waals surface area contributed by atoms with Crippen molar-refractivity contribution in [1.29, 1.82) is 0 Å². The van der Waals surface area contributed by atoms with Crippen molar-refractivity contribution in [3.05, 3.63) is 47.5 Å². The fraction of sp³-hybridized carbons (Fsp3) is 0.636. The van der Waals surface area contributed by atoms with Crippen LogP contribution in [0.15, 0.2) is 36.4 Å². The summed E-state index contributed by atoms with van der Waals surface area (Å²) in [4.78, 5) is 53.6. The zero-order valence-corrected chi connectivity index (χ0v) is 35.9. The number of carbonyl (C=O) groups excluding carboxylic acids is 4. The molecule has 0 aliphatic rings. The summed E-state index contributed by atoms with van der Waals surface area (Å²) >= 11 is 0. The Bertz CT molecular complexity index is 1750. The van der Waals surface area contributed by atoms with Crippen LogP contribution in [-0.4, -0.2) is 99.5 Å². The largest absolute Gasteiger partial charge is 0.505 e. The lowest BCUT2D eigenvalue weighted by Gasteiger charge is -2.29. The number of unbranched alkanes of at least 4 members (excludes halogenated alkanes) is 1. The maximum atomic E-state index is 13.6. The fourth-order valence-corrected chi connectivity index (χ4v) is 6.56. The number of benzene rings is 2. The van der Waals surface area contributed by atoms with E-state index in [1.807, 2.05) is 71.9 Å². The summed E-state index contributed by atoms with van der Waals surface area (Å²) in [6.07, 6.45) is 3.07.